The number of benzene rings is 1. The minimum Gasteiger partial charge on any atom is -0.326 e. The molecular weight excluding hydrogens is 378 g/mol. The number of nitrogens with one attached hydrogen (secondary N) is 2. The molecule has 150 valence electrons. The van der Waals surface area contributed by atoms with Crippen molar-refractivity contribution in [3.8, 4) is 0 Å². The molecule has 2 N–H and O–H groups in total. The van der Waals surface area contributed by atoms with Crippen molar-refractivity contribution in [3.05, 3.63) is 42.2 Å². The summed E-state index contributed by atoms with van der Waals surface area (Å²) in [5, 5.41) is 10.6. The highest BCUT2D eigenvalue weighted by Crippen LogP contribution is 2.30. The lowest BCUT2D eigenvalue weighted by Crippen LogP contribution is -2.35. The first-order valence-corrected chi connectivity index (χ1v) is 9.52. The van der Waals surface area contributed by atoms with Crippen molar-refractivity contribution in [2.24, 2.45) is 13.0 Å². The van der Waals surface area contributed by atoms with Gasteiger partial charge in [0, 0.05) is 56.6 Å². The largest absolute Gasteiger partial charge is 0.326 e. The molecule has 1 aromatic heterocycles. The van der Waals surface area contributed by atoms with Gasteiger partial charge in [0.25, 0.3) is 0 Å². The quantitative estimate of drug-likeness (QED) is 0.821. The number of carbonyl (C=O) groups excluding carboxylic acids is 2. The second kappa shape index (κ2) is 8.75. The Bertz CT molecular complexity index is 853. The van der Waals surface area contributed by atoms with Gasteiger partial charge < -0.3 is 15.5 Å². The molecule has 2 atom stereocenters. The van der Waals surface area contributed by atoms with Crippen LogP contribution in [0.1, 0.15) is 30.7 Å². The van der Waals surface area contributed by atoms with Gasteiger partial charge in [-0.3, -0.25) is 14.3 Å². The van der Waals surface area contributed by atoms with Crippen molar-refractivity contribution in [2.75, 3.05) is 29.9 Å². The Balaban J connectivity index is 0.00000225. The highest BCUT2D eigenvalue weighted by Gasteiger charge is 2.34. The fourth-order valence-electron chi connectivity index (χ4n) is 4.00. The average molecular weight is 404 g/mol. The zero-order chi connectivity index (χ0) is 18.8. The Morgan fingerprint density at radius 2 is 2.14 bits per heavy atom. The third-order valence-electron chi connectivity index (χ3n) is 5.45. The number of hydrogen-bond acceptors (Lipinski definition) is 4. The first-order valence-electron chi connectivity index (χ1n) is 9.52. The van der Waals surface area contributed by atoms with E-state index < -0.39 is 0 Å². The van der Waals surface area contributed by atoms with Crippen LogP contribution < -0.4 is 15.5 Å². The molecule has 0 spiro atoms. The number of aromatic nitrogens is 2. The number of aryl methyl sites for hydroxylation is 1. The maximum atomic E-state index is 12.9. The lowest BCUT2D eigenvalue weighted by atomic mass is 9.90. The second-order valence-electron chi connectivity index (χ2n) is 7.36. The number of nitrogens with zero attached hydrogens (tertiary/aromatic N) is 3. The number of carbonyl (C=O) groups is 2. The minimum atomic E-state index is -0.144. The normalized spacial score (nSPS) is 22.0. The highest BCUT2D eigenvalue weighted by molar-refractivity contribution is 5.97. The Morgan fingerprint density at radius 1 is 1.29 bits per heavy atom. The predicted molar refractivity (Wildman–Crippen MR) is 111 cm³/mol. The summed E-state index contributed by atoms with van der Waals surface area (Å²) in [6.45, 7) is 2.16. The molecular formula is C20H26ClN5O2. The lowest BCUT2D eigenvalue weighted by Gasteiger charge is -2.27. The van der Waals surface area contributed by atoms with Gasteiger partial charge in [-0.1, -0.05) is 6.07 Å². The third kappa shape index (κ3) is 4.20. The molecule has 2 amide bonds. The second-order valence-corrected chi connectivity index (χ2v) is 7.36. The summed E-state index contributed by atoms with van der Waals surface area (Å²) >= 11 is 0. The SMILES string of the molecule is Cl.Cn1cc([C@H]2CNC[C@@H]2C(=O)Nc2cccc(N3CCCCC3=O)c2)cn1. The van der Waals surface area contributed by atoms with Crippen LogP contribution >= 0.6 is 12.4 Å². The number of halogens is 1. The molecule has 2 aliphatic heterocycles. The van der Waals surface area contributed by atoms with Crippen LogP contribution in [0.3, 0.4) is 0 Å². The van der Waals surface area contributed by atoms with Crippen molar-refractivity contribution >= 4 is 35.6 Å². The number of rotatable bonds is 4. The molecule has 2 saturated heterocycles. The van der Waals surface area contributed by atoms with Gasteiger partial charge in [-0.25, -0.2) is 0 Å². The Kier molecular flexibility index (Phi) is 6.36. The predicted octanol–water partition coefficient (Wildman–Crippen LogP) is 2.30. The number of anilines is 2. The van der Waals surface area contributed by atoms with Gasteiger partial charge in [-0.2, -0.15) is 5.10 Å². The standard InChI is InChI=1S/C20H25N5O2.ClH/c1-24-13-14(10-22-24)17-11-21-12-18(17)20(27)23-15-5-4-6-16(9-15)25-8-3-2-7-19(25)26;/h4-6,9-10,13,17-18,21H,2-3,7-8,11-12H2,1H3,(H,23,27);1H/t17-,18+;/m1./s1. The molecule has 28 heavy (non-hydrogen) atoms. The fourth-order valence-corrected chi connectivity index (χ4v) is 4.00. The van der Waals surface area contributed by atoms with Gasteiger partial charge in [0.15, 0.2) is 0 Å². The van der Waals surface area contributed by atoms with E-state index in [1.165, 1.54) is 0 Å². The first kappa shape index (κ1) is 20.4. The van der Waals surface area contributed by atoms with E-state index in [2.05, 4.69) is 15.7 Å². The summed E-state index contributed by atoms with van der Waals surface area (Å²) < 4.78 is 1.77. The monoisotopic (exact) mass is 403 g/mol. The molecule has 2 fully saturated rings. The smallest absolute Gasteiger partial charge is 0.229 e. The molecule has 0 saturated carbocycles. The van der Waals surface area contributed by atoms with E-state index in [1.807, 2.05) is 48.6 Å². The van der Waals surface area contributed by atoms with E-state index in [4.69, 9.17) is 0 Å². The zero-order valence-corrected chi connectivity index (χ0v) is 16.7. The topological polar surface area (TPSA) is 79.3 Å². The summed E-state index contributed by atoms with van der Waals surface area (Å²) in [6.07, 6.45) is 6.37. The van der Waals surface area contributed by atoms with E-state index in [0.717, 1.165) is 42.9 Å². The highest BCUT2D eigenvalue weighted by atomic mass is 35.5. The average Bonchev–Trinajstić information content (AvgIpc) is 3.31. The summed E-state index contributed by atoms with van der Waals surface area (Å²) in [5.74, 6) is 0.123. The molecule has 0 radical (unpaired) electrons. The van der Waals surface area contributed by atoms with Crippen molar-refractivity contribution < 1.29 is 9.59 Å². The van der Waals surface area contributed by atoms with E-state index in [1.54, 1.807) is 4.68 Å². The van der Waals surface area contributed by atoms with Gasteiger partial charge in [0.2, 0.25) is 11.8 Å². The van der Waals surface area contributed by atoms with Gasteiger partial charge >= 0.3 is 0 Å². The van der Waals surface area contributed by atoms with Crippen molar-refractivity contribution in [3.63, 3.8) is 0 Å². The summed E-state index contributed by atoms with van der Waals surface area (Å²) in [7, 11) is 1.88. The Labute approximate surface area is 170 Å². The zero-order valence-electron chi connectivity index (χ0n) is 15.9. The van der Waals surface area contributed by atoms with E-state index in [0.29, 0.717) is 13.0 Å². The molecule has 2 aliphatic rings. The van der Waals surface area contributed by atoms with Crippen LogP contribution in [0.25, 0.3) is 0 Å². The number of piperidine rings is 1. The molecule has 7 nitrogen and oxygen atoms in total. The van der Waals surface area contributed by atoms with Crippen LogP contribution in [0.15, 0.2) is 36.7 Å². The fraction of sp³-hybridized carbons (Fsp3) is 0.450. The number of amides is 2. The molecule has 3 heterocycles. The van der Waals surface area contributed by atoms with Crippen molar-refractivity contribution in [1.29, 1.82) is 0 Å². The molecule has 4 rings (SSSR count). The first-order chi connectivity index (χ1) is 13.1. The molecule has 0 aliphatic carbocycles. The number of hydrogen-bond donors (Lipinski definition) is 2. The van der Waals surface area contributed by atoms with Crippen molar-refractivity contribution in [2.45, 2.75) is 25.2 Å². The van der Waals surface area contributed by atoms with Gasteiger partial charge in [0.05, 0.1) is 12.1 Å². The van der Waals surface area contributed by atoms with Crippen LogP contribution in [0.2, 0.25) is 0 Å². The minimum absolute atomic E-state index is 0. The molecule has 0 unspecified atom stereocenters. The van der Waals surface area contributed by atoms with E-state index >= 15 is 0 Å². The van der Waals surface area contributed by atoms with Crippen LogP contribution in [-0.4, -0.2) is 41.2 Å². The maximum Gasteiger partial charge on any atom is 0.229 e. The summed E-state index contributed by atoms with van der Waals surface area (Å²) in [4.78, 5) is 26.9. The summed E-state index contributed by atoms with van der Waals surface area (Å²) in [5.41, 5.74) is 2.66. The summed E-state index contributed by atoms with van der Waals surface area (Å²) in [6, 6.07) is 7.58. The van der Waals surface area contributed by atoms with E-state index in [-0.39, 0.29) is 36.1 Å². The van der Waals surface area contributed by atoms with Crippen LogP contribution in [-0.2, 0) is 16.6 Å². The Hall–Kier alpha value is -2.38. The molecule has 8 heteroatoms. The Morgan fingerprint density at radius 3 is 2.89 bits per heavy atom. The van der Waals surface area contributed by atoms with Crippen LogP contribution in [0.4, 0.5) is 11.4 Å². The van der Waals surface area contributed by atoms with E-state index in [9.17, 15) is 9.59 Å². The third-order valence-corrected chi connectivity index (χ3v) is 5.45. The van der Waals surface area contributed by atoms with Crippen molar-refractivity contribution in [1.82, 2.24) is 15.1 Å². The molecule has 1 aromatic carbocycles. The maximum absolute atomic E-state index is 12.9. The van der Waals surface area contributed by atoms with Crippen LogP contribution in [0, 0.1) is 5.92 Å². The van der Waals surface area contributed by atoms with Gasteiger partial charge in [-0.05, 0) is 36.6 Å². The van der Waals surface area contributed by atoms with Gasteiger partial charge in [0.1, 0.15) is 0 Å². The molecule has 0 bridgehead atoms. The molecule has 2 aromatic rings. The van der Waals surface area contributed by atoms with Crippen LogP contribution in [0.5, 0.6) is 0 Å². The lowest BCUT2D eigenvalue weighted by molar-refractivity contribution is -0.120. The van der Waals surface area contributed by atoms with Gasteiger partial charge in [-0.15, -0.1) is 12.4 Å².